The van der Waals surface area contributed by atoms with Gasteiger partial charge in [0.1, 0.15) is 0 Å². The lowest BCUT2D eigenvalue weighted by Gasteiger charge is -2.15. The molecule has 2 rings (SSSR count). The second-order valence-corrected chi connectivity index (χ2v) is 5.48. The van der Waals surface area contributed by atoms with E-state index in [4.69, 9.17) is 21.1 Å². The van der Waals surface area contributed by atoms with Crippen molar-refractivity contribution >= 4 is 23.5 Å². The van der Waals surface area contributed by atoms with E-state index in [2.05, 4.69) is 16.8 Å². The van der Waals surface area contributed by atoms with Crippen LogP contribution in [-0.2, 0) is 19.1 Å². The maximum Gasteiger partial charge on any atom is 0.326 e. The van der Waals surface area contributed by atoms with Crippen LogP contribution < -0.4 is 0 Å². The number of ether oxygens (including phenoxy) is 2. The number of nitrogens with zero attached hydrogens (tertiary/aromatic N) is 1. The van der Waals surface area contributed by atoms with Gasteiger partial charge in [-0.25, -0.2) is 0 Å². The lowest BCUT2D eigenvalue weighted by Crippen LogP contribution is -2.27. The van der Waals surface area contributed by atoms with E-state index in [0.29, 0.717) is 11.5 Å². The molecule has 23 heavy (non-hydrogen) atoms. The zero-order valence-electron chi connectivity index (χ0n) is 13.1. The van der Waals surface area contributed by atoms with Gasteiger partial charge in [-0.15, -0.1) is 0 Å². The summed E-state index contributed by atoms with van der Waals surface area (Å²) >= 11 is 6.20. The summed E-state index contributed by atoms with van der Waals surface area (Å²) in [6, 6.07) is 1.60. The largest absolute Gasteiger partial charge is 0.465 e. The van der Waals surface area contributed by atoms with Crippen LogP contribution in [0.3, 0.4) is 0 Å². The van der Waals surface area contributed by atoms with Crippen LogP contribution in [0.2, 0.25) is 5.02 Å². The average Bonchev–Trinajstić information content (AvgIpc) is 3.32. The maximum absolute atomic E-state index is 12.1. The van der Waals surface area contributed by atoms with Gasteiger partial charge >= 0.3 is 11.9 Å². The summed E-state index contributed by atoms with van der Waals surface area (Å²) in [7, 11) is 0. The lowest BCUT2D eigenvalue weighted by atomic mass is 10.0. The van der Waals surface area contributed by atoms with Crippen molar-refractivity contribution in [3.63, 3.8) is 0 Å². The van der Waals surface area contributed by atoms with Gasteiger partial charge in [0.05, 0.1) is 23.9 Å². The van der Waals surface area contributed by atoms with Crippen molar-refractivity contribution in [2.24, 2.45) is 5.92 Å². The number of rotatable bonds is 5. The average molecular weight is 336 g/mol. The van der Waals surface area contributed by atoms with Crippen LogP contribution in [-0.4, -0.2) is 30.1 Å². The molecule has 0 atom stereocenters. The van der Waals surface area contributed by atoms with Crippen molar-refractivity contribution in [2.75, 3.05) is 13.2 Å². The molecular weight excluding hydrogens is 318 g/mol. The fraction of sp³-hybridized carbons (Fsp3) is 0.471. The number of aromatic nitrogens is 1. The summed E-state index contributed by atoms with van der Waals surface area (Å²) in [6.07, 6.45) is 3.75. The van der Waals surface area contributed by atoms with Crippen LogP contribution in [0.1, 0.15) is 43.9 Å². The smallest absolute Gasteiger partial charge is 0.326 e. The molecule has 122 valence electrons. The van der Waals surface area contributed by atoms with Crippen molar-refractivity contribution in [2.45, 2.75) is 32.6 Å². The van der Waals surface area contributed by atoms with Crippen LogP contribution in [0, 0.1) is 17.8 Å². The first-order valence-corrected chi connectivity index (χ1v) is 7.94. The molecule has 0 N–H and O–H groups in total. The van der Waals surface area contributed by atoms with Gasteiger partial charge in [0, 0.05) is 17.7 Å². The van der Waals surface area contributed by atoms with Gasteiger partial charge in [-0.2, -0.15) is 0 Å². The number of esters is 2. The summed E-state index contributed by atoms with van der Waals surface area (Å²) in [4.78, 5) is 28.3. The molecule has 0 radical (unpaired) electrons. The quantitative estimate of drug-likeness (QED) is 0.470. The van der Waals surface area contributed by atoms with E-state index >= 15 is 0 Å². The van der Waals surface area contributed by atoms with Crippen LogP contribution in [0.5, 0.6) is 0 Å². The van der Waals surface area contributed by atoms with Crippen molar-refractivity contribution in [3.05, 3.63) is 28.5 Å². The molecule has 0 amide bonds. The number of hydrogen-bond acceptors (Lipinski definition) is 5. The van der Waals surface area contributed by atoms with Crippen molar-refractivity contribution in [1.29, 1.82) is 0 Å². The normalized spacial score (nSPS) is 13.2. The minimum atomic E-state index is -1.28. The van der Waals surface area contributed by atoms with Crippen molar-refractivity contribution in [1.82, 2.24) is 4.98 Å². The molecular formula is C17H18ClNO4. The molecule has 1 aliphatic rings. The molecule has 0 unspecified atom stereocenters. The molecule has 0 aliphatic heterocycles. The second kappa shape index (κ2) is 7.98. The molecule has 1 heterocycles. The Morgan fingerprint density at radius 1 is 1.30 bits per heavy atom. The topological polar surface area (TPSA) is 65.5 Å². The summed E-state index contributed by atoms with van der Waals surface area (Å²) in [5.41, 5.74) is 0.776. The Morgan fingerprint density at radius 2 is 1.91 bits per heavy atom. The summed E-state index contributed by atoms with van der Waals surface area (Å²) in [5.74, 6) is 3.82. The Balaban J connectivity index is 2.28. The van der Waals surface area contributed by atoms with Gasteiger partial charge in [-0.3, -0.25) is 14.6 Å². The molecule has 1 aromatic rings. The fourth-order valence-corrected chi connectivity index (χ4v) is 2.19. The highest BCUT2D eigenvalue weighted by Crippen LogP contribution is 2.28. The van der Waals surface area contributed by atoms with E-state index < -0.39 is 17.9 Å². The second-order valence-electron chi connectivity index (χ2n) is 5.07. The zero-order valence-corrected chi connectivity index (χ0v) is 13.9. The molecule has 0 aromatic carbocycles. The Bertz CT molecular complexity index is 640. The first-order chi connectivity index (χ1) is 11.1. The zero-order chi connectivity index (χ0) is 16.8. The molecule has 1 aromatic heterocycles. The highest BCUT2D eigenvalue weighted by atomic mass is 35.5. The van der Waals surface area contributed by atoms with E-state index in [9.17, 15) is 9.59 Å². The number of carbonyl (C=O) groups is 2. The summed E-state index contributed by atoms with van der Waals surface area (Å²) < 4.78 is 9.86. The summed E-state index contributed by atoms with van der Waals surface area (Å²) in [6.45, 7) is 3.62. The predicted molar refractivity (Wildman–Crippen MR) is 84.9 cm³/mol. The Kier molecular flexibility index (Phi) is 6.00. The summed E-state index contributed by atoms with van der Waals surface area (Å²) in [5, 5.41) is 0.193. The Labute approximate surface area is 140 Å². The van der Waals surface area contributed by atoms with Gasteiger partial charge < -0.3 is 9.47 Å². The van der Waals surface area contributed by atoms with Crippen LogP contribution in [0.15, 0.2) is 12.3 Å². The molecule has 1 fully saturated rings. The number of halogens is 1. The lowest BCUT2D eigenvalue weighted by molar-refractivity contribution is -0.157. The third-order valence-electron chi connectivity index (χ3n) is 3.19. The van der Waals surface area contributed by atoms with Gasteiger partial charge in [0.2, 0.25) is 0 Å². The SMILES string of the molecule is CCOC(=O)C(C(=O)OCC)c1ncc(C#CC2CC2)cc1Cl. The molecule has 0 saturated heterocycles. The van der Waals surface area contributed by atoms with E-state index in [1.807, 2.05) is 0 Å². The third kappa shape index (κ3) is 4.70. The molecule has 0 spiro atoms. The first-order valence-electron chi connectivity index (χ1n) is 7.57. The fourth-order valence-electron chi connectivity index (χ4n) is 1.91. The molecule has 0 bridgehead atoms. The number of carbonyl (C=O) groups excluding carboxylic acids is 2. The van der Waals surface area contributed by atoms with Crippen LogP contribution in [0.25, 0.3) is 0 Å². The molecule has 6 heteroatoms. The minimum absolute atomic E-state index is 0.125. The maximum atomic E-state index is 12.1. The molecule has 1 saturated carbocycles. The highest BCUT2D eigenvalue weighted by molar-refractivity contribution is 6.32. The number of pyridine rings is 1. The van der Waals surface area contributed by atoms with E-state index in [-0.39, 0.29) is 23.9 Å². The van der Waals surface area contributed by atoms with Crippen molar-refractivity contribution < 1.29 is 19.1 Å². The molecule has 5 nitrogen and oxygen atoms in total. The van der Waals surface area contributed by atoms with Crippen LogP contribution in [0.4, 0.5) is 0 Å². The Hall–Kier alpha value is -2.06. The molecule has 1 aliphatic carbocycles. The third-order valence-corrected chi connectivity index (χ3v) is 3.49. The van der Waals surface area contributed by atoms with E-state index in [1.165, 1.54) is 6.20 Å². The van der Waals surface area contributed by atoms with E-state index in [1.54, 1.807) is 19.9 Å². The van der Waals surface area contributed by atoms with Gasteiger partial charge in [0.15, 0.2) is 5.92 Å². The van der Waals surface area contributed by atoms with Crippen LogP contribution >= 0.6 is 11.6 Å². The first kappa shape index (κ1) is 17.3. The van der Waals surface area contributed by atoms with E-state index in [0.717, 1.165) is 12.8 Å². The monoisotopic (exact) mass is 335 g/mol. The standard InChI is InChI=1S/C17H18ClNO4/c1-3-22-16(20)14(17(21)23-4-2)15-13(18)9-12(10-19-15)8-7-11-5-6-11/h9-11,14H,3-6H2,1-2H3. The van der Waals surface area contributed by atoms with Crippen molar-refractivity contribution in [3.8, 4) is 11.8 Å². The Morgan fingerprint density at radius 3 is 2.39 bits per heavy atom. The highest BCUT2D eigenvalue weighted by Gasteiger charge is 2.34. The van der Waals surface area contributed by atoms with Gasteiger partial charge in [0.25, 0.3) is 0 Å². The number of hydrogen-bond donors (Lipinski definition) is 0. The predicted octanol–water partition coefficient (Wildman–Crippen LogP) is 2.71. The van der Waals surface area contributed by atoms with Gasteiger partial charge in [-0.05, 0) is 32.8 Å². The van der Waals surface area contributed by atoms with Gasteiger partial charge in [-0.1, -0.05) is 23.4 Å². The minimum Gasteiger partial charge on any atom is -0.465 e.